The van der Waals surface area contributed by atoms with Crippen molar-refractivity contribution in [2.75, 3.05) is 33.4 Å². The summed E-state index contributed by atoms with van der Waals surface area (Å²) in [5.74, 6) is 0. The molecule has 0 aliphatic carbocycles. The molecular formula is C11H21NO4. The molecule has 1 aliphatic rings. The van der Waals surface area contributed by atoms with Crippen LogP contribution in [0, 0.1) is 0 Å². The molecule has 0 aromatic carbocycles. The van der Waals surface area contributed by atoms with Crippen LogP contribution in [0.25, 0.3) is 0 Å². The molecule has 5 nitrogen and oxygen atoms in total. The molecule has 0 atom stereocenters. The second kappa shape index (κ2) is 5.50. The van der Waals surface area contributed by atoms with Crippen LogP contribution in [-0.2, 0) is 14.2 Å². The average molecular weight is 231 g/mol. The number of nitrogens with zero attached hydrogens (tertiary/aromatic N) is 1. The van der Waals surface area contributed by atoms with Crippen molar-refractivity contribution in [2.45, 2.75) is 32.5 Å². The van der Waals surface area contributed by atoms with Crippen molar-refractivity contribution in [2.24, 2.45) is 0 Å². The number of rotatable bonds is 4. The van der Waals surface area contributed by atoms with Crippen LogP contribution in [0.2, 0.25) is 0 Å². The Morgan fingerprint density at radius 2 is 1.94 bits per heavy atom. The molecule has 94 valence electrons. The zero-order chi connectivity index (χ0) is 12.2. The first kappa shape index (κ1) is 13.3. The minimum Gasteiger partial charge on any atom is -0.444 e. The summed E-state index contributed by atoms with van der Waals surface area (Å²) in [4.78, 5) is 13.2. The fourth-order valence-corrected chi connectivity index (χ4v) is 1.32. The maximum atomic E-state index is 11.5. The second-order valence-electron chi connectivity index (χ2n) is 4.87. The first-order valence-electron chi connectivity index (χ1n) is 5.51. The first-order valence-corrected chi connectivity index (χ1v) is 5.51. The topological polar surface area (TPSA) is 48.0 Å². The van der Waals surface area contributed by atoms with Gasteiger partial charge in [0.25, 0.3) is 0 Å². The van der Waals surface area contributed by atoms with E-state index in [0.717, 1.165) is 0 Å². The third-order valence-corrected chi connectivity index (χ3v) is 2.14. The molecule has 0 unspecified atom stereocenters. The van der Waals surface area contributed by atoms with Gasteiger partial charge in [-0.1, -0.05) is 0 Å². The van der Waals surface area contributed by atoms with Gasteiger partial charge in [-0.2, -0.15) is 0 Å². The van der Waals surface area contributed by atoms with Gasteiger partial charge < -0.3 is 19.1 Å². The maximum Gasteiger partial charge on any atom is 0.410 e. The van der Waals surface area contributed by atoms with Crippen molar-refractivity contribution in [3.05, 3.63) is 0 Å². The molecule has 5 heteroatoms. The molecule has 1 rings (SSSR count). The molecule has 0 bridgehead atoms. The summed E-state index contributed by atoms with van der Waals surface area (Å²) in [5.41, 5.74) is -0.431. The number of amides is 1. The quantitative estimate of drug-likeness (QED) is 0.684. The van der Waals surface area contributed by atoms with Crippen LogP contribution in [0.5, 0.6) is 0 Å². The molecule has 0 saturated carbocycles. The maximum absolute atomic E-state index is 11.5. The highest BCUT2D eigenvalue weighted by Crippen LogP contribution is 2.16. The number of methoxy groups -OCH3 is 1. The van der Waals surface area contributed by atoms with E-state index in [4.69, 9.17) is 14.2 Å². The van der Waals surface area contributed by atoms with E-state index in [1.165, 1.54) is 0 Å². The Hall–Kier alpha value is -0.810. The molecule has 0 radical (unpaired) electrons. The van der Waals surface area contributed by atoms with Gasteiger partial charge in [-0.25, -0.2) is 4.79 Å². The van der Waals surface area contributed by atoms with Crippen LogP contribution in [-0.4, -0.2) is 56.1 Å². The predicted molar refractivity (Wildman–Crippen MR) is 59.4 cm³/mol. The van der Waals surface area contributed by atoms with Crippen LogP contribution in [0.3, 0.4) is 0 Å². The monoisotopic (exact) mass is 231 g/mol. The van der Waals surface area contributed by atoms with Crippen molar-refractivity contribution in [1.29, 1.82) is 0 Å². The summed E-state index contributed by atoms with van der Waals surface area (Å²) in [7, 11) is 1.64. The van der Waals surface area contributed by atoms with E-state index in [9.17, 15) is 4.79 Å². The molecule has 16 heavy (non-hydrogen) atoms. The van der Waals surface area contributed by atoms with Gasteiger partial charge in [-0.3, -0.25) is 0 Å². The number of hydrogen-bond donors (Lipinski definition) is 0. The van der Waals surface area contributed by atoms with Gasteiger partial charge in [0.2, 0.25) is 0 Å². The Morgan fingerprint density at radius 1 is 1.31 bits per heavy atom. The highest BCUT2D eigenvalue weighted by atomic mass is 16.6. The number of likely N-dealkylation sites (tertiary alicyclic amines) is 1. The number of ether oxygens (including phenoxy) is 3. The molecule has 0 aromatic heterocycles. The largest absolute Gasteiger partial charge is 0.444 e. The molecule has 1 aliphatic heterocycles. The molecule has 1 amide bonds. The summed E-state index contributed by atoms with van der Waals surface area (Å²) < 4.78 is 15.5. The second-order valence-corrected chi connectivity index (χ2v) is 4.87. The molecular weight excluding hydrogens is 210 g/mol. The van der Waals surface area contributed by atoms with E-state index in [1.807, 2.05) is 20.8 Å². The van der Waals surface area contributed by atoms with Gasteiger partial charge >= 0.3 is 6.09 Å². The lowest BCUT2D eigenvalue weighted by molar-refractivity contribution is -0.0720. The van der Waals surface area contributed by atoms with Gasteiger partial charge in [0.1, 0.15) is 5.60 Å². The molecule has 0 N–H and O–H groups in total. The van der Waals surface area contributed by atoms with Crippen molar-refractivity contribution >= 4 is 6.09 Å². The van der Waals surface area contributed by atoms with E-state index >= 15 is 0 Å². The fraction of sp³-hybridized carbons (Fsp3) is 0.909. The number of hydrogen-bond acceptors (Lipinski definition) is 4. The average Bonchev–Trinajstić information content (AvgIpc) is 2.05. The number of carbonyl (C=O) groups excluding carboxylic acids is 1. The van der Waals surface area contributed by atoms with Crippen LogP contribution >= 0.6 is 0 Å². The van der Waals surface area contributed by atoms with Crippen LogP contribution in [0.4, 0.5) is 4.79 Å². The van der Waals surface area contributed by atoms with Crippen molar-refractivity contribution < 1.29 is 19.0 Å². The van der Waals surface area contributed by atoms with E-state index in [2.05, 4.69) is 0 Å². The molecule has 1 fully saturated rings. The smallest absolute Gasteiger partial charge is 0.410 e. The zero-order valence-electron chi connectivity index (χ0n) is 10.5. The van der Waals surface area contributed by atoms with Gasteiger partial charge in [-0.05, 0) is 20.8 Å². The Bertz CT molecular complexity index is 231. The minimum absolute atomic E-state index is 0.127. The summed E-state index contributed by atoms with van der Waals surface area (Å²) in [5, 5.41) is 0. The SMILES string of the molecule is COCCOC1CN(C(=O)OC(C)(C)C)C1. The highest BCUT2D eigenvalue weighted by Gasteiger charge is 2.34. The Kier molecular flexibility index (Phi) is 4.56. The standard InChI is InChI=1S/C11H21NO4/c1-11(2,3)16-10(13)12-7-9(8-12)15-6-5-14-4/h9H,5-8H2,1-4H3. The third-order valence-electron chi connectivity index (χ3n) is 2.14. The van der Waals surface area contributed by atoms with Crippen molar-refractivity contribution in [3.8, 4) is 0 Å². The lowest BCUT2D eigenvalue weighted by Crippen LogP contribution is -2.56. The molecule has 1 saturated heterocycles. The van der Waals surface area contributed by atoms with Crippen LogP contribution < -0.4 is 0 Å². The number of carbonyl (C=O) groups is 1. The van der Waals surface area contributed by atoms with Crippen molar-refractivity contribution in [3.63, 3.8) is 0 Å². The van der Waals surface area contributed by atoms with Gasteiger partial charge in [0.05, 0.1) is 32.4 Å². The Balaban J connectivity index is 2.13. The third kappa shape index (κ3) is 4.37. The predicted octanol–water partition coefficient (Wildman–Crippen LogP) is 1.27. The Morgan fingerprint density at radius 3 is 2.44 bits per heavy atom. The highest BCUT2D eigenvalue weighted by molar-refractivity contribution is 5.69. The van der Waals surface area contributed by atoms with Crippen molar-refractivity contribution in [1.82, 2.24) is 4.90 Å². The van der Waals surface area contributed by atoms with E-state index in [-0.39, 0.29) is 12.2 Å². The summed E-state index contributed by atoms with van der Waals surface area (Å²) in [6.07, 6.45) is -0.137. The summed E-state index contributed by atoms with van der Waals surface area (Å²) in [6, 6.07) is 0. The van der Waals surface area contributed by atoms with Gasteiger partial charge in [0, 0.05) is 7.11 Å². The zero-order valence-corrected chi connectivity index (χ0v) is 10.5. The van der Waals surface area contributed by atoms with E-state index < -0.39 is 5.60 Å². The van der Waals surface area contributed by atoms with Gasteiger partial charge in [-0.15, -0.1) is 0 Å². The molecule has 0 aromatic rings. The summed E-state index contributed by atoms with van der Waals surface area (Å²) in [6.45, 7) is 7.95. The molecule has 0 spiro atoms. The molecule has 1 heterocycles. The van der Waals surface area contributed by atoms with E-state index in [0.29, 0.717) is 26.3 Å². The van der Waals surface area contributed by atoms with Crippen LogP contribution in [0.1, 0.15) is 20.8 Å². The lowest BCUT2D eigenvalue weighted by Gasteiger charge is -2.39. The van der Waals surface area contributed by atoms with Gasteiger partial charge in [0.15, 0.2) is 0 Å². The normalized spacial score (nSPS) is 17.1. The lowest BCUT2D eigenvalue weighted by atomic mass is 10.2. The van der Waals surface area contributed by atoms with E-state index in [1.54, 1.807) is 12.0 Å². The Labute approximate surface area is 96.6 Å². The fourth-order valence-electron chi connectivity index (χ4n) is 1.32. The van der Waals surface area contributed by atoms with Crippen LogP contribution in [0.15, 0.2) is 0 Å². The minimum atomic E-state index is -0.431. The summed E-state index contributed by atoms with van der Waals surface area (Å²) >= 11 is 0. The first-order chi connectivity index (χ1) is 7.42.